The molecule has 2 aliphatic heterocycles. The van der Waals surface area contributed by atoms with E-state index in [1.54, 1.807) is 0 Å². The van der Waals surface area contributed by atoms with Gasteiger partial charge in [0.15, 0.2) is 0 Å². The summed E-state index contributed by atoms with van der Waals surface area (Å²) in [5, 5.41) is 0. The summed E-state index contributed by atoms with van der Waals surface area (Å²) in [5.74, 6) is 0.304. The van der Waals surface area contributed by atoms with Crippen LogP contribution in [0.3, 0.4) is 0 Å². The molecule has 1 fully saturated rings. The van der Waals surface area contributed by atoms with Gasteiger partial charge in [0.2, 0.25) is 5.91 Å². The molecule has 102 valence electrons. The Bertz CT molecular complexity index is 450. The van der Waals surface area contributed by atoms with E-state index in [2.05, 4.69) is 34.1 Å². The van der Waals surface area contributed by atoms with Gasteiger partial charge in [-0.05, 0) is 30.9 Å². The Kier molecular flexibility index (Phi) is 3.72. The predicted molar refractivity (Wildman–Crippen MR) is 77.4 cm³/mol. The minimum Gasteiger partial charge on any atom is -0.362 e. The van der Waals surface area contributed by atoms with Crippen molar-refractivity contribution in [3.05, 3.63) is 29.8 Å². The maximum absolute atomic E-state index is 12.4. The SMILES string of the molecule is O=C(CN1CCc2ccccc21)N1CCCCCC1. The summed E-state index contributed by atoms with van der Waals surface area (Å²) in [5.41, 5.74) is 2.64. The number of anilines is 1. The molecule has 19 heavy (non-hydrogen) atoms. The molecule has 1 aromatic rings. The molecule has 0 aliphatic carbocycles. The number of hydrogen-bond donors (Lipinski definition) is 0. The summed E-state index contributed by atoms with van der Waals surface area (Å²) in [7, 11) is 0. The van der Waals surface area contributed by atoms with E-state index in [1.807, 2.05) is 0 Å². The molecule has 3 rings (SSSR count). The van der Waals surface area contributed by atoms with Gasteiger partial charge < -0.3 is 9.80 Å². The number of para-hydroxylation sites is 1. The first-order valence-corrected chi connectivity index (χ1v) is 7.45. The zero-order valence-electron chi connectivity index (χ0n) is 11.5. The molecule has 1 saturated heterocycles. The van der Waals surface area contributed by atoms with Crippen molar-refractivity contribution in [2.24, 2.45) is 0 Å². The number of carbonyl (C=O) groups excluding carboxylic acids is 1. The monoisotopic (exact) mass is 258 g/mol. The van der Waals surface area contributed by atoms with E-state index >= 15 is 0 Å². The van der Waals surface area contributed by atoms with Gasteiger partial charge in [-0.25, -0.2) is 0 Å². The highest BCUT2D eigenvalue weighted by Crippen LogP contribution is 2.27. The van der Waals surface area contributed by atoms with E-state index in [-0.39, 0.29) is 0 Å². The predicted octanol–water partition coefficient (Wildman–Crippen LogP) is 2.45. The summed E-state index contributed by atoms with van der Waals surface area (Å²) in [6.45, 7) is 3.44. The van der Waals surface area contributed by atoms with E-state index < -0.39 is 0 Å². The van der Waals surface area contributed by atoms with Crippen LogP contribution in [0.2, 0.25) is 0 Å². The third-order valence-corrected chi connectivity index (χ3v) is 4.27. The number of hydrogen-bond acceptors (Lipinski definition) is 2. The molecule has 3 heteroatoms. The van der Waals surface area contributed by atoms with E-state index in [9.17, 15) is 4.79 Å². The third-order valence-electron chi connectivity index (χ3n) is 4.27. The van der Waals surface area contributed by atoms with Gasteiger partial charge in [-0.15, -0.1) is 0 Å². The van der Waals surface area contributed by atoms with E-state index in [1.165, 1.54) is 36.9 Å². The molecule has 1 aromatic carbocycles. The van der Waals surface area contributed by atoms with Gasteiger partial charge in [0.25, 0.3) is 0 Å². The summed E-state index contributed by atoms with van der Waals surface area (Å²) in [6, 6.07) is 8.45. The maximum Gasteiger partial charge on any atom is 0.242 e. The largest absolute Gasteiger partial charge is 0.362 e. The first-order chi connectivity index (χ1) is 9.34. The molecular weight excluding hydrogens is 236 g/mol. The summed E-state index contributed by atoms with van der Waals surface area (Å²) >= 11 is 0. The summed E-state index contributed by atoms with van der Waals surface area (Å²) in [6.07, 6.45) is 5.96. The average molecular weight is 258 g/mol. The van der Waals surface area contributed by atoms with E-state index in [0.29, 0.717) is 12.5 Å². The lowest BCUT2D eigenvalue weighted by Gasteiger charge is -2.25. The molecule has 2 heterocycles. The van der Waals surface area contributed by atoms with Gasteiger partial charge in [-0.2, -0.15) is 0 Å². The van der Waals surface area contributed by atoms with Crippen LogP contribution < -0.4 is 4.90 Å². The Hall–Kier alpha value is -1.51. The average Bonchev–Trinajstić information content (AvgIpc) is 2.66. The number of benzene rings is 1. The molecule has 0 spiro atoms. The van der Waals surface area contributed by atoms with Crippen LogP contribution >= 0.6 is 0 Å². The quantitative estimate of drug-likeness (QED) is 0.813. The van der Waals surface area contributed by atoms with Crippen LogP contribution in [-0.2, 0) is 11.2 Å². The molecule has 0 radical (unpaired) electrons. The molecule has 0 bridgehead atoms. The van der Waals surface area contributed by atoms with Crippen LogP contribution in [0.15, 0.2) is 24.3 Å². The van der Waals surface area contributed by atoms with Gasteiger partial charge in [0.05, 0.1) is 6.54 Å². The van der Waals surface area contributed by atoms with Crippen molar-refractivity contribution in [3.63, 3.8) is 0 Å². The lowest BCUT2D eigenvalue weighted by molar-refractivity contribution is -0.129. The maximum atomic E-state index is 12.4. The van der Waals surface area contributed by atoms with Crippen LogP contribution in [0, 0.1) is 0 Å². The number of fused-ring (bicyclic) bond motifs is 1. The van der Waals surface area contributed by atoms with Crippen molar-refractivity contribution in [2.75, 3.05) is 31.1 Å². The Morgan fingerprint density at radius 1 is 1.00 bits per heavy atom. The Labute approximate surface area is 115 Å². The molecule has 1 amide bonds. The highest BCUT2D eigenvalue weighted by atomic mass is 16.2. The minimum atomic E-state index is 0.304. The molecule has 0 aromatic heterocycles. The highest BCUT2D eigenvalue weighted by molar-refractivity contribution is 5.82. The zero-order valence-corrected chi connectivity index (χ0v) is 11.5. The number of likely N-dealkylation sites (tertiary alicyclic amines) is 1. The van der Waals surface area contributed by atoms with Crippen molar-refractivity contribution >= 4 is 11.6 Å². The second kappa shape index (κ2) is 5.64. The van der Waals surface area contributed by atoms with Gasteiger partial charge >= 0.3 is 0 Å². The molecule has 3 nitrogen and oxygen atoms in total. The fourth-order valence-electron chi connectivity index (χ4n) is 3.15. The highest BCUT2D eigenvalue weighted by Gasteiger charge is 2.23. The Balaban J connectivity index is 1.64. The van der Waals surface area contributed by atoms with E-state index in [4.69, 9.17) is 0 Å². The summed E-state index contributed by atoms with van der Waals surface area (Å²) in [4.78, 5) is 16.7. The van der Waals surface area contributed by atoms with Crippen molar-refractivity contribution in [1.29, 1.82) is 0 Å². The smallest absolute Gasteiger partial charge is 0.242 e. The Morgan fingerprint density at radius 2 is 1.74 bits per heavy atom. The fourth-order valence-corrected chi connectivity index (χ4v) is 3.15. The number of amides is 1. The first-order valence-electron chi connectivity index (χ1n) is 7.45. The van der Waals surface area contributed by atoms with Crippen LogP contribution in [0.4, 0.5) is 5.69 Å². The first kappa shape index (κ1) is 12.5. The van der Waals surface area contributed by atoms with Gasteiger partial charge in [0.1, 0.15) is 0 Å². The molecule has 0 saturated carbocycles. The number of carbonyl (C=O) groups is 1. The number of nitrogens with zero attached hydrogens (tertiary/aromatic N) is 2. The Morgan fingerprint density at radius 3 is 2.53 bits per heavy atom. The van der Waals surface area contributed by atoms with Crippen molar-refractivity contribution in [1.82, 2.24) is 4.90 Å². The van der Waals surface area contributed by atoms with Crippen molar-refractivity contribution in [2.45, 2.75) is 32.1 Å². The second-order valence-electron chi connectivity index (χ2n) is 5.60. The number of rotatable bonds is 2. The summed E-state index contributed by atoms with van der Waals surface area (Å²) < 4.78 is 0. The van der Waals surface area contributed by atoms with Crippen LogP contribution in [0.1, 0.15) is 31.2 Å². The van der Waals surface area contributed by atoms with Gasteiger partial charge in [-0.3, -0.25) is 4.79 Å². The topological polar surface area (TPSA) is 23.6 Å². The second-order valence-corrected chi connectivity index (χ2v) is 5.60. The normalized spacial score (nSPS) is 19.2. The fraction of sp³-hybridized carbons (Fsp3) is 0.562. The molecule has 2 aliphatic rings. The molecule has 0 N–H and O–H groups in total. The van der Waals surface area contributed by atoms with Gasteiger partial charge in [-0.1, -0.05) is 31.0 Å². The minimum absolute atomic E-state index is 0.304. The molecule has 0 unspecified atom stereocenters. The van der Waals surface area contributed by atoms with Gasteiger partial charge in [0, 0.05) is 25.3 Å². The zero-order chi connectivity index (χ0) is 13.1. The van der Waals surface area contributed by atoms with Crippen LogP contribution in [0.25, 0.3) is 0 Å². The van der Waals surface area contributed by atoms with Crippen LogP contribution in [-0.4, -0.2) is 37.0 Å². The third kappa shape index (κ3) is 2.75. The molecule has 0 atom stereocenters. The lowest BCUT2D eigenvalue weighted by atomic mass is 10.2. The van der Waals surface area contributed by atoms with Crippen LogP contribution in [0.5, 0.6) is 0 Å². The van der Waals surface area contributed by atoms with E-state index in [0.717, 1.165) is 26.1 Å². The lowest BCUT2D eigenvalue weighted by Crippen LogP contribution is -2.40. The van der Waals surface area contributed by atoms with Crippen molar-refractivity contribution < 1.29 is 4.79 Å². The molecular formula is C16H22N2O. The van der Waals surface area contributed by atoms with Crippen molar-refractivity contribution in [3.8, 4) is 0 Å². The standard InChI is InChI=1S/C16H22N2O/c19-16(17-10-5-1-2-6-11-17)13-18-12-9-14-7-3-4-8-15(14)18/h3-4,7-8H,1-2,5-6,9-13H2.